The first-order valence-corrected chi connectivity index (χ1v) is 13.4. The Morgan fingerprint density at radius 2 is 1.88 bits per heavy atom. The SMILES string of the molecule is C=C(OCN1C(=O)CCC(N2Cc3cc(CCC(=O)C(F)(F)c4ccc(F)cc4)ccc3C2=O)C1=O)C(CC)NC. The number of ketones is 1. The van der Waals surface area contributed by atoms with Gasteiger partial charge in [0.2, 0.25) is 11.7 Å². The summed E-state index contributed by atoms with van der Waals surface area (Å²) in [5.41, 5.74) is 0.976. The molecule has 2 heterocycles. The number of rotatable bonds is 12. The predicted molar refractivity (Wildman–Crippen MR) is 143 cm³/mol. The van der Waals surface area contributed by atoms with Gasteiger partial charge in [0.25, 0.3) is 11.8 Å². The average molecular weight is 572 g/mol. The van der Waals surface area contributed by atoms with Gasteiger partial charge >= 0.3 is 5.92 Å². The van der Waals surface area contributed by atoms with Gasteiger partial charge in [0, 0.05) is 30.5 Å². The van der Waals surface area contributed by atoms with Crippen LogP contribution in [0.25, 0.3) is 0 Å². The lowest BCUT2D eigenvalue weighted by Gasteiger charge is -2.35. The van der Waals surface area contributed by atoms with Crippen molar-refractivity contribution in [2.45, 2.75) is 63.6 Å². The second-order valence-electron chi connectivity index (χ2n) is 10.1. The standard InChI is InChI=1S/C30H32F3N3O5/c1-4-24(34-3)18(2)41-17-36-27(38)14-12-25(29(36)40)35-16-20-15-19(5-11-23(20)28(35)39)6-13-26(37)30(32,33)21-7-9-22(31)10-8-21/h5,7-11,15,24-25,34H,2,4,6,12-14,16-17H2,1,3H3. The highest BCUT2D eigenvalue weighted by Crippen LogP contribution is 2.33. The molecule has 41 heavy (non-hydrogen) atoms. The molecule has 2 unspecified atom stereocenters. The number of Topliss-reactive ketones (excluding diaryl/α,β-unsaturated/α-hetero) is 1. The fraction of sp³-hybridized carbons (Fsp3) is 0.400. The molecule has 1 N–H and O–H groups in total. The third kappa shape index (κ3) is 6.19. The number of hydrogen-bond acceptors (Lipinski definition) is 6. The molecule has 0 saturated carbocycles. The van der Waals surface area contributed by atoms with Crippen molar-refractivity contribution in [3.63, 3.8) is 0 Å². The van der Waals surface area contributed by atoms with E-state index in [1.807, 2.05) is 6.92 Å². The van der Waals surface area contributed by atoms with Gasteiger partial charge < -0.3 is 15.0 Å². The Kier molecular flexibility index (Phi) is 8.96. The molecule has 1 fully saturated rings. The fourth-order valence-electron chi connectivity index (χ4n) is 5.13. The van der Waals surface area contributed by atoms with Gasteiger partial charge in [-0.15, -0.1) is 0 Å². The van der Waals surface area contributed by atoms with E-state index in [0.717, 1.165) is 29.2 Å². The van der Waals surface area contributed by atoms with Crippen LogP contribution in [-0.4, -0.2) is 59.2 Å². The molecule has 2 aliphatic heterocycles. The van der Waals surface area contributed by atoms with E-state index in [1.165, 1.54) is 4.90 Å². The van der Waals surface area contributed by atoms with E-state index >= 15 is 0 Å². The quantitative estimate of drug-likeness (QED) is 0.305. The van der Waals surface area contributed by atoms with E-state index in [1.54, 1.807) is 25.2 Å². The first kappa shape index (κ1) is 30.0. The van der Waals surface area contributed by atoms with Gasteiger partial charge in [-0.1, -0.05) is 25.6 Å². The van der Waals surface area contributed by atoms with Crippen LogP contribution in [0.5, 0.6) is 0 Å². The maximum atomic E-state index is 14.6. The Balaban J connectivity index is 1.40. The number of nitrogens with one attached hydrogen (secondary N) is 1. The van der Waals surface area contributed by atoms with Crippen molar-refractivity contribution >= 4 is 23.5 Å². The minimum Gasteiger partial charge on any atom is -0.476 e. The van der Waals surface area contributed by atoms with Crippen LogP contribution in [-0.2, 0) is 38.0 Å². The number of imide groups is 1. The number of fused-ring (bicyclic) bond motifs is 1. The highest BCUT2D eigenvalue weighted by Gasteiger charge is 2.43. The van der Waals surface area contributed by atoms with E-state index < -0.39 is 47.4 Å². The molecular formula is C30H32F3N3O5. The molecule has 0 radical (unpaired) electrons. The Labute approximate surface area is 236 Å². The molecule has 2 aromatic rings. The molecule has 2 atom stereocenters. The summed E-state index contributed by atoms with van der Waals surface area (Å²) in [4.78, 5) is 53.7. The monoisotopic (exact) mass is 571 g/mol. The van der Waals surface area contributed by atoms with E-state index in [2.05, 4.69) is 11.9 Å². The first-order chi connectivity index (χ1) is 19.5. The lowest BCUT2D eigenvalue weighted by molar-refractivity contribution is -0.157. The maximum Gasteiger partial charge on any atom is 0.330 e. The van der Waals surface area contributed by atoms with Gasteiger partial charge in [0.1, 0.15) is 17.6 Å². The summed E-state index contributed by atoms with van der Waals surface area (Å²) in [5, 5.41) is 3.03. The zero-order chi connectivity index (χ0) is 29.9. The van der Waals surface area contributed by atoms with Crippen molar-refractivity contribution in [3.8, 4) is 0 Å². The van der Waals surface area contributed by atoms with Crippen LogP contribution in [0.1, 0.15) is 59.7 Å². The molecule has 2 aromatic carbocycles. The minimum atomic E-state index is -3.76. The third-order valence-corrected chi connectivity index (χ3v) is 7.58. The molecule has 2 aliphatic rings. The smallest absolute Gasteiger partial charge is 0.330 e. The van der Waals surface area contributed by atoms with Crippen LogP contribution < -0.4 is 5.32 Å². The third-order valence-electron chi connectivity index (χ3n) is 7.58. The summed E-state index contributed by atoms with van der Waals surface area (Å²) in [6.07, 6.45) is 0.478. The fourth-order valence-corrected chi connectivity index (χ4v) is 5.13. The number of alkyl halides is 2. The van der Waals surface area contributed by atoms with Gasteiger partial charge in [-0.2, -0.15) is 8.78 Å². The Bertz CT molecular complexity index is 1360. The molecule has 0 spiro atoms. The molecule has 8 nitrogen and oxygen atoms in total. The van der Waals surface area contributed by atoms with Crippen molar-refractivity contribution in [3.05, 3.63) is 82.9 Å². The number of carbonyl (C=O) groups excluding carboxylic acids is 4. The Morgan fingerprint density at radius 1 is 1.17 bits per heavy atom. The molecule has 4 rings (SSSR count). The lowest BCUT2D eigenvalue weighted by atomic mass is 9.97. The van der Waals surface area contributed by atoms with Crippen LogP contribution in [0.4, 0.5) is 13.2 Å². The number of aryl methyl sites for hydroxylation is 1. The van der Waals surface area contributed by atoms with Crippen LogP contribution in [0.2, 0.25) is 0 Å². The summed E-state index contributed by atoms with van der Waals surface area (Å²) < 4.78 is 47.9. The van der Waals surface area contributed by atoms with Crippen molar-refractivity contribution in [2.24, 2.45) is 0 Å². The summed E-state index contributed by atoms with van der Waals surface area (Å²) in [5.74, 6) is -6.66. The topological polar surface area (TPSA) is 96.0 Å². The second-order valence-corrected chi connectivity index (χ2v) is 10.1. The van der Waals surface area contributed by atoms with Crippen LogP contribution in [0.3, 0.4) is 0 Å². The van der Waals surface area contributed by atoms with Crippen molar-refractivity contribution in [1.29, 1.82) is 0 Å². The highest BCUT2D eigenvalue weighted by molar-refractivity contribution is 6.05. The van der Waals surface area contributed by atoms with E-state index in [9.17, 15) is 32.3 Å². The van der Waals surface area contributed by atoms with E-state index in [0.29, 0.717) is 28.9 Å². The summed E-state index contributed by atoms with van der Waals surface area (Å²) in [6.45, 7) is 5.59. The predicted octanol–water partition coefficient (Wildman–Crippen LogP) is 4.08. The molecule has 3 amide bonds. The number of benzene rings is 2. The Hall–Kier alpha value is -3.99. The number of likely N-dealkylation sites (N-methyl/N-ethyl adjacent to an activating group) is 1. The number of ether oxygens (including phenoxy) is 1. The highest BCUT2D eigenvalue weighted by atomic mass is 19.3. The number of nitrogens with zero attached hydrogens (tertiary/aromatic N) is 2. The summed E-state index contributed by atoms with van der Waals surface area (Å²) in [7, 11) is 1.75. The number of amides is 3. The van der Waals surface area contributed by atoms with Gasteiger partial charge in [0.15, 0.2) is 6.73 Å². The molecule has 218 valence electrons. The van der Waals surface area contributed by atoms with Gasteiger partial charge in [-0.25, -0.2) is 9.29 Å². The zero-order valence-electron chi connectivity index (χ0n) is 22.9. The second kappa shape index (κ2) is 12.3. The molecule has 11 heteroatoms. The van der Waals surface area contributed by atoms with Crippen LogP contribution in [0.15, 0.2) is 54.8 Å². The minimum absolute atomic E-state index is 0.00826. The number of hydrogen-bond donors (Lipinski definition) is 1. The molecule has 0 bridgehead atoms. The molecular weight excluding hydrogens is 539 g/mol. The van der Waals surface area contributed by atoms with Crippen LogP contribution in [0, 0.1) is 5.82 Å². The van der Waals surface area contributed by atoms with Gasteiger partial charge in [-0.3, -0.25) is 19.2 Å². The van der Waals surface area contributed by atoms with Crippen LogP contribution >= 0.6 is 0 Å². The average Bonchev–Trinajstić information content (AvgIpc) is 3.27. The summed E-state index contributed by atoms with van der Waals surface area (Å²) >= 11 is 0. The Morgan fingerprint density at radius 3 is 2.54 bits per heavy atom. The van der Waals surface area contributed by atoms with Crippen molar-refractivity contribution in [2.75, 3.05) is 13.8 Å². The number of piperidine rings is 1. The molecule has 0 aromatic heterocycles. The van der Waals surface area contributed by atoms with Gasteiger partial charge in [0.05, 0.1) is 6.04 Å². The number of carbonyl (C=O) groups is 4. The first-order valence-electron chi connectivity index (χ1n) is 13.4. The molecule has 0 aliphatic carbocycles. The zero-order valence-corrected chi connectivity index (χ0v) is 22.9. The largest absolute Gasteiger partial charge is 0.476 e. The maximum absolute atomic E-state index is 14.6. The van der Waals surface area contributed by atoms with Gasteiger partial charge in [-0.05, 0) is 67.8 Å². The number of halogens is 3. The van der Waals surface area contributed by atoms with Crippen molar-refractivity contribution < 1.29 is 37.1 Å². The molecule has 1 saturated heterocycles. The number of likely N-dealkylation sites (tertiary alicyclic amines) is 1. The van der Waals surface area contributed by atoms with Crippen molar-refractivity contribution in [1.82, 2.24) is 15.1 Å². The van der Waals surface area contributed by atoms with E-state index in [4.69, 9.17) is 4.74 Å². The lowest BCUT2D eigenvalue weighted by Crippen LogP contribution is -2.55. The normalized spacial score (nSPS) is 18.0. The van der Waals surface area contributed by atoms with E-state index in [-0.39, 0.29) is 44.5 Å². The summed E-state index contributed by atoms with van der Waals surface area (Å²) in [6, 6.07) is 7.33.